The van der Waals surface area contributed by atoms with Crippen molar-refractivity contribution in [3.63, 3.8) is 0 Å². The van der Waals surface area contributed by atoms with Crippen LogP contribution in [0, 0.1) is 5.82 Å². The summed E-state index contributed by atoms with van der Waals surface area (Å²) in [5, 5.41) is 2.75. The number of halogens is 1. The molecule has 3 N–H and O–H groups in total. The van der Waals surface area contributed by atoms with Crippen molar-refractivity contribution in [2.24, 2.45) is 5.73 Å². The lowest BCUT2D eigenvalue weighted by Crippen LogP contribution is -2.35. The van der Waals surface area contributed by atoms with E-state index in [9.17, 15) is 9.18 Å². The van der Waals surface area contributed by atoms with Crippen molar-refractivity contribution in [3.8, 4) is 5.75 Å². The zero-order valence-corrected chi connectivity index (χ0v) is 12.3. The van der Waals surface area contributed by atoms with Crippen LogP contribution in [0.1, 0.15) is 32.8 Å². The summed E-state index contributed by atoms with van der Waals surface area (Å²) in [5.41, 5.74) is 6.48. The van der Waals surface area contributed by atoms with E-state index in [1.807, 2.05) is 20.8 Å². The van der Waals surface area contributed by atoms with Crippen molar-refractivity contribution < 1.29 is 13.9 Å². The molecule has 0 spiro atoms. The van der Waals surface area contributed by atoms with Crippen LogP contribution < -0.4 is 15.8 Å². The SMILES string of the molecule is CCC(C)NC(=O)COc1ccc(CC(C)N)cc1F. The van der Waals surface area contributed by atoms with E-state index < -0.39 is 5.82 Å². The first-order valence-electron chi connectivity index (χ1n) is 6.88. The van der Waals surface area contributed by atoms with Gasteiger partial charge in [0.15, 0.2) is 18.2 Å². The van der Waals surface area contributed by atoms with Gasteiger partial charge in [0.25, 0.3) is 5.91 Å². The van der Waals surface area contributed by atoms with Crippen molar-refractivity contribution in [1.82, 2.24) is 5.32 Å². The van der Waals surface area contributed by atoms with E-state index in [0.717, 1.165) is 12.0 Å². The predicted octanol–water partition coefficient (Wildman–Crippen LogP) is 2.01. The fraction of sp³-hybridized carbons (Fsp3) is 0.533. The molecule has 0 aliphatic heterocycles. The fourth-order valence-electron chi connectivity index (χ4n) is 1.72. The number of benzene rings is 1. The first kappa shape index (κ1) is 16.4. The minimum absolute atomic E-state index is 0.0255. The van der Waals surface area contributed by atoms with Crippen LogP contribution >= 0.6 is 0 Å². The summed E-state index contributed by atoms with van der Waals surface area (Å²) < 4.78 is 19.0. The molecule has 0 aliphatic carbocycles. The third kappa shape index (κ3) is 5.57. The molecule has 0 saturated carbocycles. The van der Waals surface area contributed by atoms with Crippen molar-refractivity contribution in [3.05, 3.63) is 29.6 Å². The van der Waals surface area contributed by atoms with Gasteiger partial charge in [-0.3, -0.25) is 4.79 Å². The number of carbonyl (C=O) groups is 1. The van der Waals surface area contributed by atoms with Gasteiger partial charge in [-0.2, -0.15) is 0 Å². The van der Waals surface area contributed by atoms with Crippen LogP contribution in [-0.2, 0) is 11.2 Å². The van der Waals surface area contributed by atoms with Gasteiger partial charge in [0.2, 0.25) is 0 Å². The molecule has 1 aromatic carbocycles. The lowest BCUT2D eigenvalue weighted by Gasteiger charge is -2.13. The lowest BCUT2D eigenvalue weighted by molar-refractivity contribution is -0.123. The summed E-state index contributed by atoms with van der Waals surface area (Å²) in [7, 11) is 0. The molecule has 0 bridgehead atoms. The first-order chi connectivity index (χ1) is 9.42. The van der Waals surface area contributed by atoms with Gasteiger partial charge >= 0.3 is 0 Å². The van der Waals surface area contributed by atoms with Crippen LogP contribution in [0.4, 0.5) is 4.39 Å². The Labute approximate surface area is 119 Å². The van der Waals surface area contributed by atoms with Gasteiger partial charge in [0, 0.05) is 12.1 Å². The van der Waals surface area contributed by atoms with Crippen LogP contribution in [0.5, 0.6) is 5.75 Å². The van der Waals surface area contributed by atoms with E-state index >= 15 is 0 Å². The van der Waals surface area contributed by atoms with Crippen molar-refractivity contribution in [2.45, 2.75) is 45.7 Å². The maximum absolute atomic E-state index is 13.8. The number of rotatable bonds is 7. The van der Waals surface area contributed by atoms with E-state index in [2.05, 4.69) is 5.32 Å². The Hall–Kier alpha value is -1.62. The molecule has 0 fully saturated rings. The average molecular weight is 282 g/mol. The van der Waals surface area contributed by atoms with Gasteiger partial charge in [-0.1, -0.05) is 13.0 Å². The molecule has 2 atom stereocenters. The molecule has 0 aliphatic rings. The van der Waals surface area contributed by atoms with E-state index in [-0.39, 0.29) is 30.3 Å². The van der Waals surface area contributed by atoms with Gasteiger partial charge in [-0.15, -0.1) is 0 Å². The third-order valence-corrected chi connectivity index (χ3v) is 2.93. The largest absolute Gasteiger partial charge is 0.481 e. The highest BCUT2D eigenvalue weighted by atomic mass is 19.1. The highest BCUT2D eigenvalue weighted by Crippen LogP contribution is 2.19. The second kappa shape index (κ2) is 7.85. The summed E-state index contributed by atoms with van der Waals surface area (Å²) in [5.74, 6) is -0.643. The van der Waals surface area contributed by atoms with Gasteiger partial charge in [0.05, 0.1) is 0 Å². The quantitative estimate of drug-likeness (QED) is 0.804. The highest BCUT2D eigenvalue weighted by Gasteiger charge is 2.10. The Morgan fingerprint density at radius 2 is 2.15 bits per heavy atom. The van der Waals surface area contributed by atoms with Crippen LogP contribution in [0.25, 0.3) is 0 Å². The smallest absolute Gasteiger partial charge is 0.258 e. The van der Waals surface area contributed by atoms with Crippen molar-refractivity contribution >= 4 is 5.91 Å². The number of hydrogen-bond donors (Lipinski definition) is 2. The summed E-state index contributed by atoms with van der Waals surface area (Å²) >= 11 is 0. The lowest BCUT2D eigenvalue weighted by atomic mass is 10.1. The standard InChI is InChI=1S/C15H23FN2O2/c1-4-11(3)18-15(19)9-20-14-6-5-12(7-10(2)17)8-13(14)16/h5-6,8,10-11H,4,7,9,17H2,1-3H3,(H,18,19). The number of carbonyl (C=O) groups excluding carboxylic acids is 1. The monoisotopic (exact) mass is 282 g/mol. The Balaban J connectivity index is 2.54. The van der Waals surface area contributed by atoms with Gasteiger partial charge < -0.3 is 15.8 Å². The number of nitrogens with one attached hydrogen (secondary N) is 1. The number of hydrogen-bond acceptors (Lipinski definition) is 3. The van der Waals surface area contributed by atoms with E-state index in [4.69, 9.17) is 10.5 Å². The molecular formula is C15H23FN2O2. The molecule has 4 nitrogen and oxygen atoms in total. The molecule has 112 valence electrons. The maximum Gasteiger partial charge on any atom is 0.258 e. The molecule has 20 heavy (non-hydrogen) atoms. The third-order valence-electron chi connectivity index (χ3n) is 2.93. The normalized spacial score (nSPS) is 13.7. The van der Waals surface area contributed by atoms with Crippen LogP contribution in [0.2, 0.25) is 0 Å². The van der Waals surface area contributed by atoms with Gasteiger partial charge in [-0.05, 0) is 44.4 Å². The Morgan fingerprint density at radius 3 is 2.70 bits per heavy atom. The zero-order chi connectivity index (χ0) is 15.1. The summed E-state index contributed by atoms with van der Waals surface area (Å²) in [6.07, 6.45) is 1.44. The molecule has 0 aromatic heterocycles. The number of nitrogens with two attached hydrogens (primary N) is 1. The molecule has 0 radical (unpaired) electrons. The number of amides is 1. The Morgan fingerprint density at radius 1 is 1.45 bits per heavy atom. The topological polar surface area (TPSA) is 64.3 Å². The Bertz CT molecular complexity index is 449. The number of ether oxygens (including phenoxy) is 1. The first-order valence-corrected chi connectivity index (χ1v) is 6.88. The van der Waals surface area contributed by atoms with E-state index in [1.165, 1.54) is 12.1 Å². The maximum atomic E-state index is 13.8. The van der Waals surface area contributed by atoms with Crippen molar-refractivity contribution in [2.75, 3.05) is 6.61 Å². The predicted molar refractivity (Wildman–Crippen MR) is 77.1 cm³/mol. The Kier molecular flexibility index (Phi) is 6.45. The molecule has 1 amide bonds. The minimum Gasteiger partial charge on any atom is -0.481 e. The molecule has 1 aromatic rings. The molecule has 5 heteroatoms. The van der Waals surface area contributed by atoms with Gasteiger partial charge in [-0.25, -0.2) is 4.39 Å². The molecular weight excluding hydrogens is 259 g/mol. The summed E-state index contributed by atoms with van der Waals surface area (Å²) in [6.45, 7) is 5.55. The molecule has 1 rings (SSSR count). The zero-order valence-electron chi connectivity index (χ0n) is 12.3. The second-order valence-electron chi connectivity index (χ2n) is 5.11. The van der Waals surface area contributed by atoms with Crippen molar-refractivity contribution in [1.29, 1.82) is 0 Å². The van der Waals surface area contributed by atoms with E-state index in [1.54, 1.807) is 6.07 Å². The van der Waals surface area contributed by atoms with Gasteiger partial charge in [0.1, 0.15) is 0 Å². The summed E-state index contributed by atoms with van der Waals surface area (Å²) in [6, 6.07) is 4.75. The summed E-state index contributed by atoms with van der Waals surface area (Å²) in [4.78, 5) is 11.5. The van der Waals surface area contributed by atoms with Crippen LogP contribution in [0.3, 0.4) is 0 Å². The van der Waals surface area contributed by atoms with E-state index in [0.29, 0.717) is 6.42 Å². The van der Waals surface area contributed by atoms with Crippen LogP contribution in [-0.4, -0.2) is 24.6 Å². The molecule has 2 unspecified atom stereocenters. The van der Waals surface area contributed by atoms with Crippen LogP contribution in [0.15, 0.2) is 18.2 Å². The average Bonchev–Trinajstić information content (AvgIpc) is 2.36. The molecule has 0 heterocycles. The highest BCUT2D eigenvalue weighted by molar-refractivity contribution is 5.77. The fourth-order valence-corrected chi connectivity index (χ4v) is 1.72. The minimum atomic E-state index is -0.473. The second-order valence-corrected chi connectivity index (χ2v) is 5.11. The molecule has 0 saturated heterocycles.